The fourth-order valence-electron chi connectivity index (χ4n) is 2.36. The van der Waals surface area contributed by atoms with Gasteiger partial charge in [-0.25, -0.2) is 4.79 Å². The van der Waals surface area contributed by atoms with E-state index in [4.69, 9.17) is 4.74 Å². The minimum Gasteiger partial charge on any atom is -0.497 e. The highest BCUT2D eigenvalue weighted by Crippen LogP contribution is 2.20. The van der Waals surface area contributed by atoms with Crippen LogP contribution in [0.25, 0.3) is 0 Å². The zero-order chi connectivity index (χ0) is 16.8. The van der Waals surface area contributed by atoms with Gasteiger partial charge in [-0.15, -0.1) is 0 Å². The molecule has 0 radical (unpaired) electrons. The Hall–Kier alpha value is -1.75. The van der Waals surface area contributed by atoms with E-state index in [0.717, 1.165) is 23.3 Å². The largest absolute Gasteiger partial charge is 0.497 e. The molecule has 1 rings (SSSR count). The van der Waals surface area contributed by atoms with Gasteiger partial charge in [-0.2, -0.15) is 0 Å². The maximum absolute atomic E-state index is 11.9. The Bertz CT molecular complexity index is 495. The van der Waals surface area contributed by atoms with Gasteiger partial charge in [0.2, 0.25) is 0 Å². The number of hydrogen-bond acceptors (Lipinski definition) is 3. The molecule has 124 valence electrons. The quantitative estimate of drug-likeness (QED) is 0.756. The van der Waals surface area contributed by atoms with Crippen molar-refractivity contribution in [1.29, 1.82) is 0 Å². The van der Waals surface area contributed by atoms with Gasteiger partial charge in [-0.1, -0.05) is 26.8 Å². The van der Waals surface area contributed by atoms with Gasteiger partial charge in [0.15, 0.2) is 0 Å². The van der Waals surface area contributed by atoms with Crippen molar-refractivity contribution in [2.75, 3.05) is 13.7 Å². The molecular formula is C17H28N2O3. The van der Waals surface area contributed by atoms with E-state index in [1.807, 2.05) is 25.1 Å². The molecule has 1 unspecified atom stereocenters. The number of carbonyl (C=O) groups is 1. The van der Waals surface area contributed by atoms with Crippen molar-refractivity contribution in [3.05, 3.63) is 29.3 Å². The number of benzene rings is 1. The van der Waals surface area contributed by atoms with Crippen molar-refractivity contribution in [3.8, 4) is 5.75 Å². The van der Waals surface area contributed by atoms with Crippen LogP contribution in [0.2, 0.25) is 0 Å². The third-order valence-electron chi connectivity index (χ3n) is 3.21. The van der Waals surface area contributed by atoms with Crippen LogP contribution in [0.5, 0.6) is 5.75 Å². The fraction of sp³-hybridized carbons (Fsp3) is 0.588. The lowest BCUT2D eigenvalue weighted by Crippen LogP contribution is -2.45. The van der Waals surface area contributed by atoms with Crippen LogP contribution in [0.3, 0.4) is 0 Å². The molecule has 0 saturated carbocycles. The molecule has 0 aliphatic carbocycles. The number of amides is 2. The van der Waals surface area contributed by atoms with Gasteiger partial charge in [0.25, 0.3) is 0 Å². The second-order valence-electron chi connectivity index (χ2n) is 6.83. The predicted octanol–water partition coefficient (Wildman–Crippen LogP) is 2.60. The number of carbonyl (C=O) groups excluding carboxylic acids is 1. The van der Waals surface area contributed by atoms with Crippen molar-refractivity contribution in [2.45, 2.75) is 46.7 Å². The van der Waals surface area contributed by atoms with Gasteiger partial charge in [-0.3, -0.25) is 0 Å². The molecule has 0 aliphatic rings. The number of urea groups is 1. The number of aryl methyl sites for hydroxylation is 1. The lowest BCUT2D eigenvalue weighted by Gasteiger charge is -2.25. The van der Waals surface area contributed by atoms with Crippen LogP contribution < -0.4 is 15.4 Å². The smallest absolute Gasteiger partial charge is 0.315 e. The highest BCUT2D eigenvalue weighted by Gasteiger charge is 2.19. The molecule has 1 atom stereocenters. The summed E-state index contributed by atoms with van der Waals surface area (Å²) in [4.78, 5) is 11.9. The monoisotopic (exact) mass is 308 g/mol. The average molecular weight is 308 g/mol. The third-order valence-corrected chi connectivity index (χ3v) is 3.21. The molecule has 0 heterocycles. The molecule has 0 saturated heterocycles. The van der Waals surface area contributed by atoms with Gasteiger partial charge >= 0.3 is 6.03 Å². The number of methoxy groups -OCH3 is 1. The molecule has 5 nitrogen and oxygen atoms in total. The summed E-state index contributed by atoms with van der Waals surface area (Å²) >= 11 is 0. The van der Waals surface area contributed by atoms with E-state index in [1.165, 1.54) is 0 Å². The van der Waals surface area contributed by atoms with Crippen LogP contribution in [0.4, 0.5) is 4.79 Å². The molecule has 5 heteroatoms. The van der Waals surface area contributed by atoms with Crippen molar-refractivity contribution in [1.82, 2.24) is 10.6 Å². The summed E-state index contributed by atoms with van der Waals surface area (Å²) in [5, 5.41) is 15.0. The van der Waals surface area contributed by atoms with Crippen LogP contribution in [-0.4, -0.2) is 30.9 Å². The Labute approximate surface area is 133 Å². The Kier molecular flexibility index (Phi) is 6.68. The summed E-state index contributed by atoms with van der Waals surface area (Å²) in [6.45, 7) is 8.56. The Morgan fingerprint density at radius 1 is 1.32 bits per heavy atom. The standard InChI is InChI=1S/C17H28N2O3/c1-12-6-13(8-15(7-12)22-5)10-18-16(21)19-14(11-20)9-17(2,3)4/h6-8,14,20H,9-11H2,1-5H3,(H2,18,19,21). The van der Waals surface area contributed by atoms with Crippen molar-refractivity contribution < 1.29 is 14.6 Å². The van der Waals surface area contributed by atoms with Crippen LogP contribution >= 0.6 is 0 Å². The van der Waals surface area contributed by atoms with E-state index >= 15 is 0 Å². The Morgan fingerprint density at radius 2 is 2.00 bits per heavy atom. The molecule has 0 aliphatic heterocycles. The molecule has 0 fully saturated rings. The number of ether oxygens (including phenoxy) is 1. The lowest BCUT2D eigenvalue weighted by molar-refractivity contribution is 0.190. The fourth-order valence-corrected chi connectivity index (χ4v) is 2.36. The molecular weight excluding hydrogens is 280 g/mol. The Balaban J connectivity index is 2.53. The number of rotatable bonds is 6. The summed E-state index contributed by atoms with van der Waals surface area (Å²) in [7, 11) is 1.62. The molecule has 1 aromatic carbocycles. The molecule has 2 amide bonds. The number of nitrogens with one attached hydrogen (secondary N) is 2. The summed E-state index contributed by atoms with van der Waals surface area (Å²) in [5.41, 5.74) is 2.10. The van der Waals surface area contributed by atoms with Crippen LogP contribution in [-0.2, 0) is 6.54 Å². The van der Waals surface area contributed by atoms with Gasteiger partial charge in [0.05, 0.1) is 19.8 Å². The topological polar surface area (TPSA) is 70.6 Å². The van der Waals surface area contributed by atoms with Gasteiger partial charge < -0.3 is 20.5 Å². The first-order valence-electron chi connectivity index (χ1n) is 7.53. The lowest BCUT2D eigenvalue weighted by atomic mass is 9.88. The van der Waals surface area contributed by atoms with E-state index in [0.29, 0.717) is 6.54 Å². The predicted molar refractivity (Wildman–Crippen MR) is 88.0 cm³/mol. The van der Waals surface area contributed by atoms with E-state index < -0.39 is 0 Å². The first-order chi connectivity index (χ1) is 10.2. The molecule has 3 N–H and O–H groups in total. The number of aliphatic hydroxyl groups excluding tert-OH is 1. The summed E-state index contributed by atoms with van der Waals surface area (Å²) in [6, 6.07) is 5.32. The van der Waals surface area contributed by atoms with E-state index in [2.05, 4.69) is 31.4 Å². The van der Waals surface area contributed by atoms with Gasteiger partial charge in [0, 0.05) is 6.54 Å². The third kappa shape index (κ3) is 6.80. The van der Waals surface area contributed by atoms with E-state index in [1.54, 1.807) is 7.11 Å². The Morgan fingerprint density at radius 3 is 2.55 bits per heavy atom. The summed E-state index contributed by atoms with van der Waals surface area (Å²) in [6.07, 6.45) is 0.717. The first kappa shape index (κ1) is 18.3. The van der Waals surface area contributed by atoms with Crippen LogP contribution in [0, 0.1) is 12.3 Å². The van der Waals surface area contributed by atoms with E-state index in [-0.39, 0.29) is 24.1 Å². The highest BCUT2D eigenvalue weighted by atomic mass is 16.5. The van der Waals surface area contributed by atoms with Crippen LogP contribution in [0.1, 0.15) is 38.3 Å². The maximum atomic E-state index is 11.9. The second-order valence-corrected chi connectivity index (χ2v) is 6.83. The highest BCUT2D eigenvalue weighted by molar-refractivity contribution is 5.74. The summed E-state index contributed by atoms with van der Waals surface area (Å²) < 4.78 is 5.22. The zero-order valence-electron chi connectivity index (χ0n) is 14.2. The zero-order valence-corrected chi connectivity index (χ0v) is 14.2. The minimum atomic E-state index is -0.274. The maximum Gasteiger partial charge on any atom is 0.315 e. The second kappa shape index (κ2) is 8.03. The van der Waals surface area contributed by atoms with E-state index in [9.17, 15) is 9.90 Å². The normalized spacial score (nSPS) is 12.6. The average Bonchev–Trinajstić information content (AvgIpc) is 2.42. The van der Waals surface area contributed by atoms with Crippen molar-refractivity contribution in [3.63, 3.8) is 0 Å². The SMILES string of the molecule is COc1cc(C)cc(CNC(=O)NC(CO)CC(C)(C)C)c1. The van der Waals surface area contributed by atoms with Crippen molar-refractivity contribution in [2.24, 2.45) is 5.41 Å². The van der Waals surface area contributed by atoms with Crippen LogP contribution in [0.15, 0.2) is 18.2 Å². The molecule has 0 spiro atoms. The van der Waals surface area contributed by atoms with Crippen molar-refractivity contribution >= 4 is 6.03 Å². The molecule has 0 aromatic heterocycles. The number of aliphatic hydroxyl groups is 1. The number of hydrogen-bond donors (Lipinski definition) is 3. The molecule has 0 bridgehead atoms. The molecule has 22 heavy (non-hydrogen) atoms. The summed E-state index contributed by atoms with van der Waals surface area (Å²) in [5.74, 6) is 0.776. The van der Waals surface area contributed by atoms with Gasteiger partial charge in [-0.05, 0) is 42.0 Å². The molecule has 1 aromatic rings. The van der Waals surface area contributed by atoms with Gasteiger partial charge in [0.1, 0.15) is 5.75 Å². The minimum absolute atomic E-state index is 0.0462. The first-order valence-corrected chi connectivity index (χ1v) is 7.53.